The maximum Gasteiger partial charge on any atom is 0.408 e. The number of ether oxygens (including phenoxy) is 1. The molecule has 41 heavy (non-hydrogen) atoms. The Morgan fingerprint density at radius 3 is 2.20 bits per heavy atom. The lowest BCUT2D eigenvalue weighted by Crippen LogP contribution is -2.47. The first kappa shape index (κ1) is 29.8. The number of hydrogen-bond donors (Lipinski definition) is 2. The van der Waals surface area contributed by atoms with Crippen molar-refractivity contribution in [3.05, 3.63) is 79.1 Å². The van der Waals surface area contributed by atoms with E-state index in [9.17, 15) is 18.0 Å². The van der Waals surface area contributed by atoms with Crippen molar-refractivity contribution in [2.24, 2.45) is 5.41 Å². The largest absolute Gasteiger partial charge is 0.444 e. The normalized spacial score (nSPS) is 13.0. The summed E-state index contributed by atoms with van der Waals surface area (Å²) in [4.78, 5) is 30.1. The molecule has 0 radical (unpaired) electrons. The summed E-state index contributed by atoms with van der Waals surface area (Å²) in [6.07, 6.45) is 2.84. The van der Waals surface area contributed by atoms with Gasteiger partial charge in [-0.15, -0.1) is 0 Å². The maximum atomic E-state index is 13.2. The van der Waals surface area contributed by atoms with Crippen LogP contribution < -0.4 is 10.6 Å². The number of pyridine rings is 1. The molecule has 4 rings (SSSR count). The number of nitrogens with one attached hydrogen (secondary N) is 2. The second-order valence-electron chi connectivity index (χ2n) is 12.1. The van der Waals surface area contributed by atoms with E-state index in [-0.39, 0.29) is 16.2 Å². The van der Waals surface area contributed by atoms with Gasteiger partial charge in [0.25, 0.3) is 10.0 Å². The Labute approximate surface area is 241 Å². The van der Waals surface area contributed by atoms with Gasteiger partial charge in [-0.3, -0.25) is 4.79 Å². The molecule has 2 heterocycles. The highest BCUT2D eigenvalue weighted by molar-refractivity contribution is 7.90. The van der Waals surface area contributed by atoms with Gasteiger partial charge in [0.15, 0.2) is 5.65 Å². The van der Waals surface area contributed by atoms with Crippen LogP contribution in [0.1, 0.15) is 48.0 Å². The summed E-state index contributed by atoms with van der Waals surface area (Å²) in [6.45, 7) is 11.3. The molecule has 0 fully saturated rings. The summed E-state index contributed by atoms with van der Waals surface area (Å²) in [6, 6.07) is 18.2. The molecule has 2 aromatic carbocycles. The van der Waals surface area contributed by atoms with Crippen molar-refractivity contribution in [1.29, 1.82) is 0 Å². The summed E-state index contributed by atoms with van der Waals surface area (Å²) >= 11 is 0. The Hall–Kier alpha value is -4.18. The van der Waals surface area contributed by atoms with Crippen LogP contribution in [0.3, 0.4) is 0 Å². The Kier molecular flexibility index (Phi) is 8.26. The van der Waals surface area contributed by atoms with Crippen LogP contribution in [-0.4, -0.2) is 41.0 Å². The average Bonchev–Trinajstić information content (AvgIpc) is 3.33. The van der Waals surface area contributed by atoms with E-state index >= 15 is 0 Å². The van der Waals surface area contributed by atoms with Gasteiger partial charge in [0.2, 0.25) is 5.91 Å². The smallest absolute Gasteiger partial charge is 0.408 e. The molecule has 2 N–H and O–H groups in total. The van der Waals surface area contributed by atoms with Gasteiger partial charge in [-0.1, -0.05) is 51.1 Å². The van der Waals surface area contributed by atoms with E-state index in [2.05, 4.69) is 15.6 Å². The van der Waals surface area contributed by atoms with Crippen molar-refractivity contribution in [3.8, 4) is 11.1 Å². The van der Waals surface area contributed by atoms with Crippen LogP contribution in [-0.2, 0) is 19.6 Å². The third kappa shape index (κ3) is 7.32. The number of nitrogens with zero attached hydrogens (tertiary/aromatic N) is 2. The molecular formula is C31H36N4O5S. The lowest BCUT2D eigenvalue weighted by Gasteiger charge is -2.27. The second kappa shape index (κ2) is 11.4. The fourth-order valence-electron chi connectivity index (χ4n) is 4.40. The van der Waals surface area contributed by atoms with Crippen LogP contribution in [0.2, 0.25) is 0 Å². The number of fused-ring (bicyclic) bond motifs is 1. The summed E-state index contributed by atoms with van der Waals surface area (Å²) in [5, 5.41) is 6.26. The van der Waals surface area contributed by atoms with Crippen LogP contribution in [0, 0.1) is 5.41 Å². The first-order chi connectivity index (χ1) is 19.1. The molecule has 0 saturated carbocycles. The van der Waals surface area contributed by atoms with Gasteiger partial charge in [0.1, 0.15) is 11.6 Å². The minimum atomic E-state index is -3.81. The number of rotatable bonds is 7. The number of carbonyl (C=O) groups is 2. The number of alkyl carbamates (subject to hydrolysis) is 1. The predicted molar refractivity (Wildman–Crippen MR) is 160 cm³/mol. The summed E-state index contributed by atoms with van der Waals surface area (Å²) in [7, 11) is -3.81. The zero-order valence-corrected chi connectivity index (χ0v) is 25.0. The van der Waals surface area contributed by atoms with Crippen molar-refractivity contribution < 1.29 is 22.7 Å². The summed E-state index contributed by atoms with van der Waals surface area (Å²) in [5.41, 5.74) is 1.58. The van der Waals surface area contributed by atoms with Crippen molar-refractivity contribution in [2.45, 2.75) is 64.5 Å². The molecule has 0 spiro atoms. The van der Waals surface area contributed by atoms with Crippen molar-refractivity contribution in [3.63, 3.8) is 0 Å². The Balaban J connectivity index is 1.56. The second-order valence-corrected chi connectivity index (χ2v) is 13.9. The molecule has 2 amide bonds. The standard InChI is InChI=1S/C31H36N4O5S/c1-30(2,3)20-26(34-29(37)40-31(4,5)6)28(36)33-22-14-12-21(13-15-22)24-16-18-32-27-25(24)17-19-35(27)41(38,39)23-10-8-7-9-11-23/h7-19,26H,20H2,1-6H3,(H,33,36)(H,34,37)/t26-/m1/s1. The third-order valence-electron chi connectivity index (χ3n) is 6.14. The van der Waals surface area contributed by atoms with E-state index in [1.165, 1.54) is 10.2 Å². The van der Waals surface area contributed by atoms with Gasteiger partial charge in [-0.05, 0) is 80.1 Å². The Morgan fingerprint density at radius 2 is 1.59 bits per heavy atom. The fraction of sp³-hybridized carbons (Fsp3) is 0.323. The highest BCUT2D eigenvalue weighted by atomic mass is 32.2. The molecular weight excluding hydrogens is 540 g/mol. The van der Waals surface area contributed by atoms with E-state index in [1.807, 2.05) is 39.0 Å². The zero-order valence-electron chi connectivity index (χ0n) is 24.1. The highest BCUT2D eigenvalue weighted by Crippen LogP contribution is 2.31. The molecule has 9 nitrogen and oxygen atoms in total. The number of carbonyl (C=O) groups excluding carboxylic acids is 2. The Morgan fingerprint density at radius 1 is 0.927 bits per heavy atom. The molecule has 0 bridgehead atoms. The molecule has 10 heteroatoms. The molecule has 0 saturated heterocycles. The van der Waals surface area contributed by atoms with Gasteiger partial charge in [-0.2, -0.15) is 0 Å². The number of aromatic nitrogens is 2. The van der Waals surface area contributed by atoms with Crippen LogP contribution in [0.25, 0.3) is 22.2 Å². The van der Waals surface area contributed by atoms with Gasteiger partial charge < -0.3 is 15.4 Å². The molecule has 4 aromatic rings. The van der Waals surface area contributed by atoms with Crippen molar-refractivity contribution >= 4 is 38.7 Å². The van der Waals surface area contributed by atoms with Gasteiger partial charge >= 0.3 is 6.09 Å². The summed E-state index contributed by atoms with van der Waals surface area (Å²) < 4.78 is 33.0. The molecule has 2 aromatic heterocycles. The fourth-order valence-corrected chi connectivity index (χ4v) is 5.72. The predicted octanol–water partition coefficient (Wildman–Crippen LogP) is 6.21. The van der Waals surface area contributed by atoms with Crippen molar-refractivity contribution in [2.75, 3.05) is 5.32 Å². The average molecular weight is 577 g/mol. The third-order valence-corrected chi connectivity index (χ3v) is 7.82. The van der Waals surface area contributed by atoms with E-state index in [4.69, 9.17) is 4.74 Å². The van der Waals surface area contributed by atoms with E-state index in [0.29, 0.717) is 23.1 Å². The van der Waals surface area contributed by atoms with Crippen LogP contribution >= 0.6 is 0 Å². The van der Waals surface area contributed by atoms with Gasteiger partial charge in [-0.25, -0.2) is 22.2 Å². The maximum absolute atomic E-state index is 13.2. The highest BCUT2D eigenvalue weighted by Gasteiger charge is 2.29. The topological polar surface area (TPSA) is 119 Å². The Bertz CT molecular complexity index is 1650. The van der Waals surface area contributed by atoms with Crippen molar-refractivity contribution in [1.82, 2.24) is 14.3 Å². The van der Waals surface area contributed by atoms with E-state index in [0.717, 1.165) is 11.1 Å². The van der Waals surface area contributed by atoms with Gasteiger partial charge in [0, 0.05) is 23.5 Å². The lowest BCUT2D eigenvalue weighted by atomic mass is 9.87. The first-order valence-electron chi connectivity index (χ1n) is 13.3. The van der Waals surface area contributed by atoms with E-state index in [1.54, 1.807) is 75.5 Å². The first-order valence-corrected chi connectivity index (χ1v) is 14.8. The number of anilines is 1. The monoisotopic (exact) mass is 576 g/mol. The minimum absolute atomic E-state index is 0.177. The van der Waals surface area contributed by atoms with Gasteiger partial charge in [0.05, 0.1) is 4.90 Å². The van der Waals surface area contributed by atoms with Crippen LogP contribution in [0.15, 0.2) is 84.0 Å². The van der Waals surface area contributed by atoms with Crippen LogP contribution in [0.4, 0.5) is 10.5 Å². The molecule has 0 aliphatic heterocycles. The number of amides is 2. The molecule has 216 valence electrons. The molecule has 0 aliphatic rings. The van der Waals surface area contributed by atoms with E-state index < -0.39 is 27.8 Å². The SMILES string of the molecule is CC(C)(C)C[C@@H](NC(=O)OC(C)(C)C)C(=O)Nc1ccc(-c2ccnc3c2ccn3S(=O)(=O)c2ccccc2)cc1. The molecule has 1 atom stereocenters. The molecule has 0 unspecified atom stereocenters. The minimum Gasteiger partial charge on any atom is -0.444 e. The molecule has 0 aliphatic carbocycles. The number of hydrogen-bond acceptors (Lipinski definition) is 6. The van der Waals surface area contributed by atoms with Crippen LogP contribution in [0.5, 0.6) is 0 Å². The zero-order chi connectivity index (χ0) is 30.0. The number of benzene rings is 2. The quantitative estimate of drug-likeness (QED) is 0.270. The summed E-state index contributed by atoms with van der Waals surface area (Å²) in [5.74, 6) is -0.354. The lowest BCUT2D eigenvalue weighted by molar-refractivity contribution is -0.118.